The monoisotopic (exact) mass is 329 g/mol. The first-order chi connectivity index (χ1) is 11.6. The number of aryl methyl sites for hydroxylation is 2. The Labute approximate surface area is 143 Å². The molecule has 2 aromatic rings. The SMILES string of the molecule is Cc1ccc(OCC(O)CN2CCCC(c3ncc[nH]3)C2)c(C)c1. The van der Waals surface area contributed by atoms with Crippen LogP contribution in [0.5, 0.6) is 5.75 Å². The van der Waals surface area contributed by atoms with Crippen LogP contribution in [0, 0.1) is 13.8 Å². The Morgan fingerprint density at radius 3 is 3.04 bits per heavy atom. The molecule has 1 aliphatic rings. The number of hydrogen-bond donors (Lipinski definition) is 2. The number of ether oxygens (including phenoxy) is 1. The molecule has 2 atom stereocenters. The van der Waals surface area contributed by atoms with Crippen molar-refractivity contribution in [3.8, 4) is 5.75 Å². The van der Waals surface area contributed by atoms with E-state index in [0.717, 1.165) is 43.1 Å². The predicted molar refractivity (Wildman–Crippen MR) is 94.4 cm³/mol. The normalized spacial score (nSPS) is 20.0. The Morgan fingerprint density at radius 2 is 2.29 bits per heavy atom. The van der Waals surface area contributed by atoms with Crippen LogP contribution in [0.3, 0.4) is 0 Å². The zero-order valence-corrected chi connectivity index (χ0v) is 14.5. The summed E-state index contributed by atoms with van der Waals surface area (Å²) in [5, 5.41) is 10.3. The van der Waals surface area contributed by atoms with Crippen molar-refractivity contribution >= 4 is 0 Å². The molecule has 5 heteroatoms. The maximum Gasteiger partial charge on any atom is 0.122 e. The minimum atomic E-state index is -0.485. The van der Waals surface area contributed by atoms with Crippen LogP contribution in [-0.4, -0.2) is 52.3 Å². The van der Waals surface area contributed by atoms with Gasteiger partial charge in [-0.25, -0.2) is 4.98 Å². The van der Waals surface area contributed by atoms with Crippen molar-refractivity contribution < 1.29 is 9.84 Å². The molecule has 0 saturated carbocycles. The lowest BCUT2D eigenvalue weighted by Gasteiger charge is -2.33. The number of likely N-dealkylation sites (tertiary alicyclic amines) is 1. The first-order valence-corrected chi connectivity index (χ1v) is 8.71. The molecule has 5 nitrogen and oxygen atoms in total. The molecule has 2 unspecified atom stereocenters. The summed E-state index contributed by atoms with van der Waals surface area (Å²) < 4.78 is 5.80. The van der Waals surface area contributed by atoms with Gasteiger partial charge in [-0.05, 0) is 44.9 Å². The Bertz CT molecular complexity index is 642. The highest BCUT2D eigenvalue weighted by Crippen LogP contribution is 2.24. The first kappa shape index (κ1) is 17.0. The number of imidazole rings is 1. The fourth-order valence-electron chi connectivity index (χ4n) is 3.44. The number of aromatic amines is 1. The number of β-amino-alcohol motifs (C(OH)–C–C–N with tert-alkyl or cyclic N) is 1. The minimum absolute atomic E-state index is 0.325. The number of aromatic nitrogens is 2. The highest BCUT2D eigenvalue weighted by atomic mass is 16.5. The van der Waals surface area contributed by atoms with Gasteiger partial charge in [0.25, 0.3) is 0 Å². The highest BCUT2D eigenvalue weighted by Gasteiger charge is 2.24. The first-order valence-electron chi connectivity index (χ1n) is 8.71. The van der Waals surface area contributed by atoms with Crippen molar-refractivity contribution in [3.63, 3.8) is 0 Å². The van der Waals surface area contributed by atoms with Crippen LogP contribution in [0.1, 0.15) is 35.7 Å². The topological polar surface area (TPSA) is 61.4 Å². The lowest BCUT2D eigenvalue weighted by atomic mass is 9.97. The maximum atomic E-state index is 10.3. The van der Waals surface area contributed by atoms with Gasteiger partial charge in [-0.1, -0.05) is 17.7 Å². The molecule has 24 heavy (non-hydrogen) atoms. The number of aliphatic hydroxyl groups is 1. The molecule has 3 rings (SSSR count). The number of nitrogens with one attached hydrogen (secondary N) is 1. The molecule has 130 valence electrons. The number of benzene rings is 1. The van der Waals surface area contributed by atoms with Crippen molar-refractivity contribution in [3.05, 3.63) is 47.5 Å². The van der Waals surface area contributed by atoms with Crippen LogP contribution in [0.4, 0.5) is 0 Å². The quantitative estimate of drug-likeness (QED) is 0.855. The molecule has 1 fully saturated rings. The van der Waals surface area contributed by atoms with Crippen molar-refractivity contribution in [1.29, 1.82) is 0 Å². The van der Waals surface area contributed by atoms with E-state index in [1.54, 1.807) is 6.20 Å². The second kappa shape index (κ2) is 7.81. The summed E-state index contributed by atoms with van der Waals surface area (Å²) in [6.45, 7) is 7.03. The van der Waals surface area contributed by atoms with Crippen molar-refractivity contribution in [2.45, 2.75) is 38.7 Å². The molecule has 2 heterocycles. The summed E-state index contributed by atoms with van der Waals surface area (Å²) in [5.41, 5.74) is 2.33. The van der Waals surface area contributed by atoms with E-state index in [9.17, 15) is 5.11 Å². The lowest BCUT2D eigenvalue weighted by Crippen LogP contribution is -2.41. The van der Waals surface area contributed by atoms with E-state index in [2.05, 4.69) is 27.9 Å². The standard InChI is InChI=1S/C19H27N3O2/c1-14-5-6-18(15(2)10-14)24-13-17(23)12-22-9-3-4-16(11-22)19-20-7-8-21-19/h5-8,10,16-17,23H,3-4,9,11-13H2,1-2H3,(H,20,21). The Balaban J connectivity index is 1.48. The van der Waals surface area contributed by atoms with Gasteiger partial charge < -0.3 is 14.8 Å². The Kier molecular flexibility index (Phi) is 5.53. The third kappa shape index (κ3) is 4.36. The van der Waals surface area contributed by atoms with Gasteiger partial charge in [0.1, 0.15) is 24.3 Å². The largest absolute Gasteiger partial charge is 0.491 e. The highest BCUT2D eigenvalue weighted by molar-refractivity contribution is 5.35. The van der Waals surface area contributed by atoms with E-state index in [0.29, 0.717) is 19.1 Å². The van der Waals surface area contributed by atoms with Crippen LogP contribution in [0.25, 0.3) is 0 Å². The summed E-state index contributed by atoms with van der Waals surface area (Å²) >= 11 is 0. The van der Waals surface area contributed by atoms with Gasteiger partial charge in [0, 0.05) is 31.4 Å². The number of piperidine rings is 1. The summed E-state index contributed by atoms with van der Waals surface area (Å²) in [7, 11) is 0. The molecule has 0 bridgehead atoms. The van der Waals surface area contributed by atoms with Crippen LogP contribution in [0.15, 0.2) is 30.6 Å². The third-order valence-corrected chi connectivity index (χ3v) is 4.64. The van der Waals surface area contributed by atoms with Gasteiger partial charge in [-0.3, -0.25) is 4.90 Å². The zero-order valence-electron chi connectivity index (χ0n) is 14.5. The molecule has 1 saturated heterocycles. The van der Waals surface area contributed by atoms with E-state index < -0.39 is 6.10 Å². The third-order valence-electron chi connectivity index (χ3n) is 4.64. The van der Waals surface area contributed by atoms with E-state index >= 15 is 0 Å². The molecule has 0 amide bonds. The van der Waals surface area contributed by atoms with Crippen molar-refractivity contribution in [2.75, 3.05) is 26.2 Å². The van der Waals surface area contributed by atoms with Crippen LogP contribution >= 0.6 is 0 Å². The molecule has 0 radical (unpaired) electrons. The van der Waals surface area contributed by atoms with Gasteiger partial charge in [0.15, 0.2) is 0 Å². The summed E-state index contributed by atoms with van der Waals surface area (Å²) in [4.78, 5) is 9.90. The van der Waals surface area contributed by atoms with Gasteiger partial charge in [0.05, 0.1) is 0 Å². The average Bonchev–Trinajstić information content (AvgIpc) is 3.09. The van der Waals surface area contributed by atoms with Crippen LogP contribution in [-0.2, 0) is 0 Å². The molecule has 1 aromatic carbocycles. The van der Waals surface area contributed by atoms with E-state index in [1.165, 1.54) is 5.56 Å². The number of rotatable bonds is 6. The molecule has 2 N–H and O–H groups in total. The number of nitrogens with zero attached hydrogens (tertiary/aromatic N) is 2. The second-order valence-electron chi connectivity index (χ2n) is 6.81. The molecule has 0 aliphatic carbocycles. The summed E-state index contributed by atoms with van der Waals surface area (Å²) in [6.07, 6.45) is 5.48. The number of hydrogen-bond acceptors (Lipinski definition) is 4. The molecular formula is C19H27N3O2. The Hall–Kier alpha value is -1.85. The summed E-state index contributed by atoms with van der Waals surface area (Å²) in [6, 6.07) is 6.11. The predicted octanol–water partition coefficient (Wildman–Crippen LogP) is 2.65. The smallest absolute Gasteiger partial charge is 0.122 e. The Morgan fingerprint density at radius 1 is 1.42 bits per heavy atom. The average molecular weight is 329 g/mol. The fourth-order valence-corrected chi connectivity index (χ4v) is 3.44. The van der Waals surface area contributed by atoms with Crippen LogP contribution < -0.4 is 4.74 Å². The van der Waals surface area contributed by atoms with Crippen LogP contribution in [0.2, 0.25) is 0 Å². The second-order valence-corrected chi connectivity index (χ2v) is 6.81. The van der Waals surface area contributed by atoms with Crippen molar-refractivity contribution in [1.82, 2.24) is 14.9 Å². The maximum absolute atomic E-state index is 10.3. The summed E-state index contributed by atoms with van der Waals surface area (Å²) in [5.74, 6) is 2.34. The van der Waals surface area contributed by atoms with Gasteiger partial charge in [-0.2, -0.15) is 0 Å². The molecule has 1 aliphatic heterocycles. The van der Waals surface area contributed by atoms with Gasteiger partial charge >= 0.3 is 0 Å². The van der Waals surface area contributed by atoms with E-state index in [1.807, 2.05) is 25.3 Å². The minimum Gasteiger partial charge on any atom is -0.491 e. The molecule has 1 aromatic heterocycles. The van der Waals surface area contributed by atoms with E-state index in [4.69, 9.17) is 4.74 Å². The number of H-pyrrole nitrogens is 1. The van der Waals surface area contributed by atoms with Crippen molar-refractivity contribution in [2.24, 2.45) is 0 Å². The van der Waals surface area contributed by atoms with Gasteiger partial charge in [-0.15, -0.1) is 0 Å². The lowest BCUT2D eigenvalue weighted by molar-refractivity contribution is 0.0576. The fraction of sp³-hybridized carbons (Fsp3) is 0.526. The van der Waals surface area contributed by atoms with Gasteiger partial charge in [0.2, 0.25) is 0 Å². The zero-order chi connectivity index (χ0) is 16.9. The molecular weight excluding hydrogens is 302 g/mol. The van der Waals surface area contributed by atoms with E-state index in [-0.39, 0.29) is 0 Å². The number of aliphatic hydroxyl groups excluding tert-OH is 1. The molecule has 0 spiro atoms.